The van der Waals surface area contributed by atoms with Gasteiger partial charge in [-0.2, -0.15) is 0 Å². The number of nitrogens with zero attached hydrogens (tertiary/aromatic N) is 4. The van der Waals surface area contributed by atoms with Crippen LogP contribution in [0.3, 0.4) is 0 Å². The van der Waals surface area contributed by atoms with Crippen molar-refractivity contribution >= 4 is 10.9 Å². The Morgan fingerprint density at radius 1 is 1.07 bits per heavy atom. The number of para-hydroxylation sites is 1. The maximum absolute atomic E-state index is 12.6. The minimum Gasteiger partial charge on any atom is -0.306 e. The molecular weight excluding hydrogens is 350 g/mol. The number of fused-ring (bicyclic) bond motifs is 2. The normalized spacial score (nSPS) is 14.1. The van der Waals surface area contributed by atoms with E-state index in [1.54, 1.807) is 12.4 Å². The van der Waals surface area contributed by atoms with Crippen molar-refractivity contribution in [2.45, 2.75) is 19.5 Å². The predicted molar refractivity (Wildman–Crippen MR) is 108 cm³/mol. The Balaban J connectivity index is 1.46. The maximum Gasteiger partial charge on any atom is 0.254 e. The summed E-state index contributed by atoms with van der Waals surface area (Å²) in [6.07, 6.45) is 5.99. The molecule has 6 nitrogen and oxygen atoms in total. The predicted octanol–water partition coefficient (Wildman–Crippen LogP) is 2.94. The van der Waals surface area contributed by atoms with E-state index in [9.17, 15) is 4.79 Å². The minimum absolute atomic E-state index is 0.0436. The largest absolute Gasteiger partial charge is 0.306 e. The van der Waals surface area contributed by atoms with E-state index in [4.69, 9.17) is 4.98 Å². The molecule has 1 aliphatic rings. The van der Waals surface area contributed by atoms with Crippen LogP contribution in [0.5, 0.6) is 0 Å². The molecule has 0 fully saturated rings. The molecule has 0 spiro atoms. The number of benzene rings is 1. The molecular formula is C22H19N5O. The zero-order chi connectivity index (χ0) is 18.9. The molecule has 0 radical (unpaired) electrons. The van der Waals surface area contributed by atoms with Gasteiger partial charge in [-0.1, -0.05) is 18.2 Å². The van der Waals surface area contributed by atoms with Crippen LogP contribution in [0.25, 0.3) is 22.3 Å². The lowest BCUT2D eigenvalue weighted by Crippen LogP contribution is -2.35. The summed E-state index contributed by atoms with van der Waals surface area (Å²) in [4.78, 5) is 31.1. The number of H-pyrrole nitrogens is 1. The van der Waals surface area contributed by atoms with Gasteiger partial charge < -0.3 is 4.98 Å². The quantitative estimate of drug-likeness (QED) is 0.601. The first-order chi connectivity index (χ1) is 13.8. The van der Waals surface area contributed by atoms with Gasteiger partial charge in [0.25, 0.3) is 5.56 Å². The van der Waals surface area contributed by atoms with E-state index in [-0.39, 0.29) is 5.56 Å². The topological polar surface area (TPSA) is 74.8 Å². The molecule has 6 heteroatoms. The van der Waals surface area contributed by atoms with E-state index in [1.807, 2.05) is 36.5 Å². The second-order valence-electron chi connectivity index (χ2n) is 7.03. The first-order valence-electron chi connectivity index (χ1n) is 9.35. The van der Waals surface area contributed by atoms with Crippen LogP contribution in [0.4, 0.5) is 0 Å². The van der Waals surface area contributed by atoms with E-state index in [0.29, 0.717) is 18.8 Å². The first-order valence-corrected chi connectivity index (χ1v) is 9.35. The maximum atomic E-state index is 12.6. The summed E-state index contributed by atoms with van der Waals surface area (Å²) in [7, 11) is 0. The van der Waals surface area contributed by atoms with Gasteiger partial charge in [0.15, 0.2) is 0 Å². The molecule has 4 aromatic rings. The lowest BCUT2D eigenvalue weighted by molar-refractivity contribution is 0.241. The summed E-state index contributed by atoms with van der Waals surface area (Å²) >= 11 is 0. The van der Waals surface area contributed by atoms with Crippen molar-refractivity contribution in [1.82, 2.24) is 24.8 Å². The van der Waals surface area contributed by atoms with E-state index in [2.05, 4.69) is 32.0 Å². The lowest BCUT2D eigenvalue weighted by Gasteiger charge is -2.28. The Hall–Kier alpha value is -3.38. The highest BCUT2D eigenvalue weighted by Crippen LogP contribution is 2.22. The SMILES string of the molecule is O=c1[nH]c(-c2cccnc2)nc2c1CCN(Cc1ccnc3ccccc13)C2. The summed E-state index contributed by atoms with van der Waals surface area (Å²) in [5.41, 5.74) is 4.67. The van der Waals surface area contributed by atoms with Crippen LogP contribution in [0.15, 0.2) is 65.8 Å². The van der Waals surface area contributed by atoms with E-state index < -0.39 is 0 Å². The van der Waals surface area contributed by atoms with Crippen LogP contribution in [0.1, 0.15) is 16.8 Å². The Kier molecular flexibility index (Phi) is 4.18. The fraction of sp³-hybridized carbons (Fsp3) is 0.182. The molecule has 0 bridgehead atoms. The summed E-state index contributed by atoms with van der Waals surface area (Å²) in [5, 5.41) is 1.17. The Morgan fingerprint density at radius 2 is 2.00 bits per heavy atom. The second-order valence-corrected chi connectivity index (χ2v) is 7.03. The summed E-state index contributed by atoms with van der Waals surface area (Å²) in [6.45, 7) is 2.29. The molecule has 0 saturated carbocycles. The third kappa shape index (κ3) is 3.08. The minimum atomic E-state index is -0.0436. The highest BCUT2D eigenvalue weighted by atomic mass is 16.1. The number of hydrogen-bond donors (Lipinski definition) is 1. The summed E-state index contributed by atoms with van der Waals surface area (Å²) in [6, 6.07) is 14.0. The lowest BCUT2D eigenvalue weighted by atomic mass is 10.0. The van der Waals surface area contributed by atoms with Crippen molar-refractivity contribution in [3.63, 3.8) is 0 Å². The second kappa shape index (κ2) is 6.98. The standard InChI is InChI=1S/C22H19N5O/c28-22-18-8-11-27(13-16-7-10-24-19-6-2-1-5-17(16)19)14-20(18)25-21(26-22)15-4-3-9-23-12-15/h1-7,9-10,12H,8,11,13-14H2,(H,25,26,28). The molecule has 138 valence electrons. The smallest absolute Gasteiger partial charge is 0.254 e. The third-order valence-corrected chi connectivity index (χ3v) is 5.22. The molecule has 1 N–H and O–H groups in total. The molecule has 1 aliphatic heterocycles. The Labute approximate surface area is 161 Å². The highest BCUT2D eigenvalue weighted by Gasteiger charge is 2.22. The first kappa shape index (κ1) is 16.8. The van der Waals surface area contributed by atoms with Gasteiger partial charge in [0.05, 0.1) is 11.2 Å². The molecule has 28 heavy (non-hydrogen) atoms. The molecule has 4 heterocycles. The molecule has 3 aromatic heterocycles. The monoisotopic (exact) mass is 369 g/mol. The van der Waals surface area contributed by atoms with Gasteiger partial charge >= 0.3 is 0 Å². The average molecular weight is 369 g/mol. The van der Waals surface area contributed by atoms with Gasteiger partial charge in [-0.15, -0.1) is 0 Å². The van der Waals surface area contributed by atoms with E-state index in [1.165, 1.54) is 10.9 Å². The van der Waals surface area contributed by atoms with Crippen LogP contribution in [-0.4, -0.2) is 31.4 Å². The van der Waals surface area contributed by atoms with Crippen LogP contribution in [0.2, 0.25) is 0 Å². The van der Waals surface area contributed by atoms with Crippen molar-refractivity contribution in [2.75, 3.05) is 6.54 Å². The molecule has 0 unspecified atom stereocenters. The van der Waals surface area contributed by atoms with Crippen molar-refractivity contribution in [1.29, 1.82) is 0 Å². The zero-order valence-electron chi connectivity index (χ0n) is 15.3. The number of aromatic nitrogens is 4. The molecule has 5 rings (SSSR count). The summed E-state index contributed by atoms with van der Waals surface area (Å²) in [5.74, 6) is 0.577. The third-order valence-electron chi connectivity index (χ3n) is 5.22. The zero-order valence-corrected chi connectivity index (χ0v) is 15.3. The number of rotatable bonds is 3. The molecule has 0 saturated heterocycles. The number of nitrogens with one attached hydrogen (secondary N) is 1. The number of hydrogen-bond acceptors (Lipinski definition) is 5. The number of pyridine rings is 2. The van der Waals surface area contributed by atoms with Crippen LogP contribution in [0, 0.1) is 0 Å². The van der Waals surface area contributed by atoms with Gasteiger partial charge in [-0.3, -0.25) is 19.7 Å². The molecule has 0 amide bonds. The Bertz CT molecular complexity index is 1200. The average Bonchev–Trinajstić information content (AvgIpc) is 2.74. The fourth-order valence-electron chi connectivity index (χ4n) is 3.80. The van der Waals surface area contributed by atoms with E-state index >= 15 is 0 Å². The summed E-state index contributed by atoms with van der Waals surface area (Å²) < 4.78 is 0. The van der Waals surface area contributed by atoms with Crippen molar-refractivity contribution in [3.05, 3.63) is 88.2 Å². The van der Waals surface area contributed by atoms with Gasteiger partial charge in [-0.25, -0.2) is 4.98 Å². The van der Waals surface area contributed by atoms with E-state index in [0.717, 1.165) is 35.4 Å². The van der Waals surface area contributed by atoms with Crippen molar-refractivity contribution in [2.24, 2.45) is 0 Å². The molecule has 0 atom stereocenters. The van der Waals surface area contributed by atoms with Crippen molar-refractivity contribution < 1.29 is 0 Å². The molecule has 1 aromatic carbocycles. The Morgan fingerprint density at radius 3 is 2.89 bits per heavy atom. The van der Waals surface area contributed by atoms with Gasteiger partial charge in [0.2, 0.25) is 0 Å². The van der Waals surface area contributed by atoms with Crippen LogP contribution < -0.4 is 5.56 Å². The number of aromatic amines is 1. The molecule has 0 aliphatic carbocycles. The van der Waals surface area contributed by atoms with Crippen LogP contribution >= 0.6 is 0 Å². The van der Waals surface area contributed by atoms with Crippen LogP contribution in [-0.2, 0) is 19.5 Å². The highest BCUT2D eigenvalue weighted by molar-refractivity contribution is 5.81. The van der Waals surface area contributed by atoms with Gasteiger partial charge in [0, 0.05) is 54.7 Å². The van der Waals surface area contributed by atoms with Crippen molar-refractivity contribution in [3.8, 4) is 11.4 Å². The van der Waals surface area contributed by atoms with Gasteiger partial charge in [0.1, 0.15) is 5.82 Å². The fourth-order valence-corrected chi connectivity index (χ4v) is 3.80. The van der Waals surface area contributed by atoms with Gasteiger partial charge in [-0.05, 0) is 36.2 Å².